The molecule has 2 heterocycles. The number of carbonyl (C=O) groups is 1. The van der Waals surface area contributed by atoms with E-state index < -0.39 is 0 Å². The van der Waals surface area contributed by atoms with E-state index in [9.17, 15) is 4.79 Å². The number of carbonyl (C=O) groups excluding carboxylic acids is 1. The van der Waals surface area contributed by atoms with Gasteiger partial charge in [0.2, 0.25) is 5.88 Å². The number of nitrogens with one attached hydrogen (secondary N) is 1. The van der Waals surface area contributed by atoms with Crippen molar-refractivity contribution in [2.75, 3.05) is 30.4 Å². The van der Waals surface area contributed by atoms with Crippen LogP contribution in [-0.4, -0.2) is 31.1 Å². The Balaban J connectivity index is 1.83. The van der Waals surface area contributed by atoms with Gasteiger partial charge in [-0.2, -0.15) is 0 Å². The second-order valence-electron chi connectivity index (χ2n) is 5.40. The number of rotatable bonds is 4. The number of anilines is 2. The lowest BCUT2D eigenvalue weighted by molar-refractivity contribution is 0.102. The predicted molar refractivity (Wildman–Crippen MR) is 91.6 cm³/mol. The molecule has 1 aromatic carbocycles. The summed E-state index contributed by atoms with van der Waals surface area (Å²) in [7, 11) is 1.54. The van der Waals surface area contributed by atoms with Crippen LogP contribution < -0.4 is 15.0 Å². The maximum absolute atomic E-state index is 12.4. The van der Waals surface area contributed by atoms with Crippen molar-refractivity contribution >= 4 is 28.9 Å². The van der Waals surface area contributed by atoms with Gasteiger partial charge in [0, 0.05) is 30.4 Å². The first-order valence-electron chi connectivity index (χ1n) is 7.53. The molecule has 1 aliphatic heterocycles. The zero-order valence-electron chi connectivity index (χ0n) is 12.9. The first-order chi connectivity index (χ1) is 11.2. The summed E-state index contributed by atoms with van der Waals surface area (Å²) in [5.41, 5.74) is 2.19. The van der Waals surface area contributed by atoms with E-state index in [1.165, 1.54) is 26.1 Å². The third kappa shape index (κ3) is 3.56. The van der Waals surface area contributed by atoms with Crippen LogP contribution in [0.15, 0.2) is 36.5 Å². The minimum absolute atomic E-state index is 0.220. The van der Waals surface area contributed by atoms with Gasteiger partial charge in [0.1, 0.15) is 0 Å². The Labute approximate surface area is 140 Å². The lowest BCUT2D eigenvalue weighted by Gasteiger charge is -2.21. The second kappa shape index (κ2) is 6.87. The van der Waals surface area contributed by atoms with E-state index in [-0.39, 0.29) is 5.91 Å². The number of hydrogen-bond acceptors (Lipinski definition) is 4. The van der Waals surface area contributed by atoms with Crippen LogP contribution in [0.25, 0.3) is 0 Å². The largest absolute Gasteiger partial charge is 0.481 e. The van der Waals surface area contributed by atoms with Crippen LogP contribution in [0.2, 0.25) is 5.02 Å². The van der Waals surface area contributed by atoms with E-state index in [2.05, 4.69) is 15.2 Å². The molecule has 0 aliphatic carbocycles. The van der Waals surface area contributed by atoms with Crippen LogP contribution >= 0.6 is 11.6 Å². The third-order valence-electron chi connectivity index (χ3n) is 3.86. The Morgan fingerprint density at radius 1 is 1.26 bits per heavy atom. The standard InChI is InChI=1S/C17H18ClN3O2/c1-23-16-7-4-12(11-19-16)17(22)20-14-10-13(18)5-6-15(14)21-8-2-3-9-21/h4-7,10-11H,2-3,8-9H2,1H3,(H,20,22). The van der Waals surface area contributed by atoms with Crippen molar-refractivity contribution < 1.29 is 9.53 Å². The molecule has 23 heavy (non-hydrogen) atoms. The number of aromatic nitrogens is 1. The average molecular weight is 332 g/mol. The van der Waals surface area contributed by atoms with Crippen molar-refractivity contribution in [2.24, 2.45) is 0 Å². The van der Waals surface area contributed by atoms with Gasteiger partial charge in [0.05, 0.1) is 24.0 Å². The molecule has 1 aromatic heterocycles. The van der Waals surface area contributed by atoms with E-state index in [0.717, 1.165) is 24.5 Å². The minimum Gasteiger partial charge on any atom is -0.481 e. The Hall–Kier alpha value is -2.27. The summed E-state index contributed by atoms with van der Waals surface area (Å²) in [5, 5.41) is 3.53. The highest BCUT2D eigenvalue weighted by Crippen LogP contribution is 2.31. The first kappa shape index (κ1) is 15.6. The van der Waals surface area contributed by atoms with Crippen LogP contribution in [0.4, 0.5) is 11.4 Å². The van der Waals surface area contributed by atoms with Crippen molar-refractivity contribution in [3.8, 4) is 5.88 Å². The van der Waals surface area contributed by atoms with E-state index in [4.69, 9.17) is 16.3 Å². The summed E-state index contributed by atoms with van der Waals surface area (Å²) in [6.07, 6.45) is 3.82. The molecule has 1 amide bonds. The molecule has 6 heteroatoms. The van der Waals surface area contributed by atoms with Crippen molar-refractivity contribution in [1.29, 1.82) is 0 Å². The van der Waals surface area contributed by atoms with Crippen LogP contribution in [0, 0.1) is 0 Å². The Kier molecular flexibility index (Phi) is 4.67. The van der Waals surface area contributed by atoms with Crippen molar-refractivity contribution in [3.63, 3.8) is 0 Å². The fourth-order valence-electron chi connectivity index (χ4n) is 2.67. The van der Waals surface area contributed by atoms with Crippen molar-refractivity contribution in [2.45, 2.75) is 12.8 Å². The van der Waals surface area contributed by atoms with Crippen molar-refractivity contribution in [3.05, 3.63) is 47.1 Å². The topological polar surface area (TPSA) is 54.5 Å². The van der Waals surface area contributed by atoms with Crippen LogP contribution in [0.1, 0.15) is 23.2 Å². The van der Waals surface area contributed by atoms with Gasteiger partial charge < -0.3 is 15.0 Å². The molecule has 1 saturated heterocycles. The number of amides is 1. The van der Waals surface area contributed by atoms with Gasteiger partial charge in [-0.25, -0.2) is 4.98 Å². The molecule has 1 N–H and O–H groups in total. The number of hydrogen-bond donors (Lipinski definition) is 1. The van der Waals surface area contributed by atoms with Gasteiger partial charge in [-0.05, 0) is 37.1 Å². The molecule has 0 bridgehead atoms. The molecule has 1 fully saturated rings. The summed E-state index contributed by atoms with van der Waals surface area (Å²) < 4.78 is 5.00. The lowest BCUT2D eigenvalue weighted by Crippen LogP contribution is -2.21. The molecule has 120 valence electrons. The fourth-order valence-corrected chi connectivity index (χ4v) is 2.84. The van der Waals surface area contributed by atoms with Gasteiger partial charge in [-0.3, -0.25) is 4.79 Å². The number of ether oxygens (including phenoxy) is 1. The van der Waals surface area contributed by atoms with Crippen LogP contribution in [0.5, 0.6) is 5.88 Å². The molecular formula is C17H18ClN3O2. The molecule has 0 atom stereocenters. The number of halogens is 1. The summed E-state index contributed by atoms with van der Waals surface area (Å²) in [4.78, 5) is 18.8. The molecule has 5 nitrogen and oxygen atoms in total. The maximum atomic E-state index is 12.4. The molecule has 0 spiro atoms. The van der Waals surface area contributed by atoms with E-state index >= 15 is 0 Å². The van der Waals surface area contributed by atoms with Gasteiger partial charge in [0.25, 0.3) is 5.91 Å². The summed E-state index contributed by atoms with van der Waals surface area (Å²) >= 11 is 6.09. The monoisotopic (exact) mass is 331 g/mol. The van der Waals surface area contributed by atoms with Crippen LogP contribution in [-0.2, 0) is 0 Å². The smallest absolute Gasteiger partial charge is 0.257 e. The lowest BCUT2D eigenvalue weighted by atomic mass is 10.2. The van der Waals surface area contributed by atoms with Gasteiger partial charge in [0.15, 0.2) is 0 Å². The highest BCUT2D eigenvalue weighted by atomic mass is 35.5. The second-order valence-corrected chi connectivity index (χ2v) is 5.84. The number of nitrogens with zero attached hydrogens (tertiary/aromatic N) is 2. The summed E-state index contributed by atoms with van der Waals surface area (Å²) in [6, 6.07) is 8.93. The minimum atomic E-state index is -0.220. The third-order valence-corrected chi connectivity index (χ3v) is 4.10. The highest BCUT2D eigenvalue weighted by molar-refractivity contribution is 6.31. The SMILES string of the molecule is COc1ccc(C(=O)Nc2cc(Cl)ccc2N2CCCC2)cn1. The maximum Gasteiger partial charge on any atom is 0.257 e. The Morgan fingerprint density at radius 2 is 2.04 bits per heavy atom. The Morgan fingerprint density at radius 3 is 2.70 bits per heavy atom. The van der Waals surface area contributed by atoms with Crippen LogP contribution in [0.3, 0.4) is 0 Å². The van der Waals surface area contributed by atoms with Crippen molar-refractivity contribution in [1.82, 2.24) is 4.98 Å². The zero-order chi connectivity index (χ0) is 16.2. The zero-order valence-corrected chi connectivity index (χ0v) is 13.6. The normalized spacial score (nSPS) is 13.9. The highest BCUT2D eigenvalue weighted by Gasteiger charge is 2.18. The Bertz CT molecular complexity index is 697. The van der Waals surface area contributed by atoms with E-state index in [1.807, 2.05) is 12.1 Å². The van der Waals surface area contributed by atoms with Gasteiger partial charge >= 0.3 is 0 Å². The molecule has 0 unspecified atom stereocenters. The quantitative estimate of drug-likeness (QED) is 0.930. The average Bonchev–Trinajstić information content (AvgIpc) is 3.09. The molecule has 0 saturated carbocycles. The number of pyridine rings is 1. The predicted octanol–water partition coefficient (Wildman–Crippen LogP) is 3.60. The molecule has 2 aromatic rings. The van der Waals surface area contributed by atoms with E-state index in [0.29, 0.717) is 16.5 Å². The first-order valence-corrected chi connectivity index (χ1v) is 7.91. The van der Waals surface area contributed by atoms with Gasteiger partial charge in [-0.15, -0.1) is 0 Å². The molecule has 0 radical (unpaired) electrons. The molecular weight excluding hydrogens is 314 g/mol. The molecule has 3 rings (SSSR count). The summed E-state index contributed by atoms with van der Waals surface area (Å²) in [6.45, 7) is 1.99. The molecule has 1 aliphatic rings. The number of methoxy groups -OCH3 is 1. The fraction of sp³-hybridized carbons (Fsp3) is 0.294. The summed E-state index contributed by atoms with van der Waals surface area (Å²) in [5.74, 6) is 0.255. The number of benzene rings is 1. The van der Waals surface area contributed by atoms with E-state index in [1.54, 1.807) is 18.2 Å². The van der Waals surface area contributed by atoms with Gasteiger partial charge in [-0.1, -0.05) is 11.6 Å².